The highest BCUT2D eigenvalue weighted by Crippen LogP contribution is 2.02. The first-order valence-corrected chi connectivity index (χ1v) is 5.36. The molecular formula is C11H22N2O2. The second-order valence-corrected chi connectivity index (χ2v) is 3.85. The summed E-state index contributed by atoms with van der Waals surface area (Å²) in [6.07, 6.45) is 3.92. The van der Waals surface area contributed by atoms with Crippen LogP contribution >= 0.6 is 0 Å². The maximum absolute atomic E-state index is 11.3. The van der Waals surface area contributed by atoms with Crippen LogP contribution in [0.5, 0.6) is 0 Å². The molecule has 0 bridgehead atoms. The molecule has 0 aromatic heterocycles. The Bertz CT molecular complexity index is 195. The standard InChI is InChI=1S/C11H22N2O2/c1-3-5-10(12)11(15)13-7-4-6-9(2)8-14/h3,9-10,14H,1,4-8,12H2,2H3,(H,13,15). The predicted molar refractivity (Wildman–Crippen MR) is 61.3 cm³/mol. The molecule has 0 rings (SSSR count). The fourth-order valence-corrected chi connectivity index (χ4v) is 1.17. The summed E-state index contributed by atoms with van der Waals surface area (Å²) in [5, 5.41) is 11.5. The van der Waals surface area contributed by atoms with E-state index in [1.165, 1.54) is 0 Å². The Hall–Kier alpha value is -0.870. The number of amides is 1. The van der Waals surface area contributed by atoms with Crippen LogP contribution in [-0.4, -0.2) is 30.2 Å². The van der Waals surface area contributed by atoms with Gasteiger partial charge in [0.1, 0.15) is 0 Å². The molecule has 0 fully saturated rings. The normalized spacial score (nSPS) is 14.3. The number of carbonyl (C=O) groups excluding carboxylic acids is 1. The van der Waals surface area contributed by atoms with Gasteiger partial charge in [-0.2, -0.15) is 0 Å². The van der Waals surface area contributed by atoms with Gasteiger partial charge in [0.25, 0.3) is 0 Å². The fourth-order valence-electron chi connectivity index (χ4n) is 1.17. The number of hydrogen-bond acceptors (Lipinski definition) is 3. The molecule has 0 aromatic rings. The first-order chi connectivity index (χ1) is 7.11. The van der Waals surface area contributed by atoms with Gasteiger partial charge in [0, 0.05) is 13.2 Å². The van der Waals surface area contributed by atoms with Gasteiger partial charge in [0.2, 0.25) is 5.91 Å². The topological polar surface area (TPSA) is 75.4 Å². The Morgan fingerprint density at radius 1 is 1.67 bits per heavy atom. The summed E-state index contributed by atoms with van der Waals surface area (Å²) in [5.74, 6) is 0.162. The summed E-state index contributed by atoms with van der Waals surface area (Å²) < 4.78 is 0. The second-order valence-electron chi connectivity index (χ2n) is 3.85. The van der Waals surface area contributed by atoms with Crippen LogP contribution < -0.4 is 11.1 Å². The van der Waals surface area contributed by atoms with Crippen molar-refractivity contribution in [2.45, 2.75) is 32.2 Å². The van der Waals surface area contributed by atoms with Crippen LogP contribution in [0.3, 0.4) is 0 Å². The van der Waals surface area contributed by atoms with E-state index in [2.05, 4.69) is 11.9 Å². The van der Waals surface area contributed by atoms with Crippen molar-refractivity contribution in [3.63, 3.8) is 0 Å². The summed E-state index contributed by atoms with van der Waals surface area (Å²) in [4.78, 5) is 11.3. The molecule has 4 N–H and O–H groups in total. The molecule has 15 heavy (non-hydrogen) atoms. The molecule has 0 aliphatic rings. The van der Waals surface area contributed by atoms with Crippen LogP contribution in [0.25, 0.3) is 0 Å². The Labute approximate surface area is 91.5 Å². The van der Waals surface area contributed by atoms with Gasteiger partial charge in [-0.25, -0.2) is 0 Å². The summed E-state index contributed by atoms with van der Waals surface area (Å²) in [5.41, 5.74) is 5.57. The Balaban J connectivity index is 3.50. The quantitative estimate of drug-likeness (QED) is 0.405. The number of carbonyl (C=O) groups is 1. The SMILES string of the molecule is C=CCC(N)C(=O)NCCCC(C)CO. The molecule has 2 unspecified atom stereocenters. The van der Waals surface area contributed by atoms with E-state index in [1.54, 1.807) is 6.08 Å². The molecule has 0 saturated heterocycles. The third kappa shape index (κ3) is 7.11. The average Bonchev–Trinajstić information content (AvgIpc) is 2.23. The van der Waals surface area contributed by atoms with Gasteiger partial charge >= 0.3 is 0 Å². The number of aliphatic hydroxyl groups excluding tert-OH is 1. The van der Waals surface area contributed by atoms with Crippen LogP contribution in [0.2, 0.25) is 0 Å². The monoisotopic (exact) mass is 214 g/mol. The molecule has 1 amide bonds. The first-order valence-electron chi connectivity index (χ1n) is 5.36. The number of rotatable bonds is 8. The van der Waals surface area contributed by atoms with Crippen LogP contribution in [0, 0.1) is 5.92 Å². The fraction of sp³-hybridized carbons (Fsp3) is 0.727. The molecule has 0 radical (unpaired) electrons. The van der Waals surface area contributed by atoms with Gasteiger partial charge < -0.3 is 16.2 Å². The molecule has 0 saturated carbocycles. The lowest BCUT2D eigenvalue weighted by atomic mass is 10.1. The maximum Gasteiger partial charge on any atom is 0.237 e. The van der Waals surface area contributed by atoms with E-state index in [4.69, 9.17) is 10.8 Å². The highest BCUT2D eigenvalue weighted by molar-refractivity contribution is 5.81. The molecule has 4 heteroatoms. The molecule has 0 aliphatic carbocycles. The van der Waals surface area contributed by atoms with Gasteiger partial charge in [-0.15, -0.1) is 6.58 Å². The maximum atomic E-state index is 11.3. The van der Waals surface area contributed by atoms with Gasteiger partial charge in [-0.3, -0.25) is 4.79 Å². The molecule has 4 nitrogen and oxygen atoms in total. The lowest BCUT2D eigenvalue weighted by Crippen LogP contribution is -2.40. The van der Waals surface area contributed by atoms with E-state index in [1.807, 2.05) is 6.92 Å². The van der Waals surface area contributed by atoms with Crippen molar-refractivity contribution < 1.29 is 9.90 Å². The second kappa shape index (κ2) is 8.44. The summed E-state index contributed by atoms with van der Waals surface area (Å²) in [7, 11) is 0. The molecule has 0 heterocycles. The Kier molecular flexibility index (Phi) is 7.95. The van der Waals surface area contributed by atoms with Gasteiger partial charge in [0.15, 0.2) is 0 Å². The van der Waals surface area contributed by atoms with Crippen LogP contribution in [0.4, 0.5) is 0 Å². The minimum absolute atomic E-state index is 0.133. The lowest BCUT2D eigenvalue weighted by Gasteiger charge is -2.11. The van der Waals surface area contributed by atoms with E-state index in [0.717, 1.165) is 12.8 Å². The third-order valence-electron chi connectivity index (χ3n) is 2.24. The Morgan fingerprint density at radius 2 is 2.33 bits per heavy atom. The van der Waals surface area contributed by atoms with E-state index < -0.39 is 6.04 Å². The van der Waals surface area contributed by atoms with Crippen molar-refractivity contribution in [3.05, 3.63) is 12.7 Å². The molecule has 2 atom stereocenters. The molecule has 0 spiro atoms. The average molecular weight is 214 g/mol. The van der Waals surface area contributed by atoms with Crippen molar-refractivity contribution in [2.75, 3.05) is 13.2 Å². The number of nitrogens with one attached hydrogen (secondary N) is 1. The smallest absolute Gasteiger partial charge is 0.237 e. The Morgan fingerprint density at radius 3 is 2.87 bits per heavy atom. The van der Waals surface area contributed by atoms with E-state index in [0.29, 0.717) is 18.9 Å². The number of aliphatic hydroxyl groups is 1. The number of nitrogens with two attached hydrogens (primary N) is 1. The minimum Gasteiger partial charge on any atom is -0.396 e. The lowest BCUT2D eigenvalue weighted by molar-refractivity contribution is -0.122. The predicted octanol–water partition coefficient (Wildman–Crippen LogP) is 0.415. The van der Waals surface area contributed by atoms with E-state index >= 15 is 0 Å². The highest BCUT2D eigenvalue weighted by atomic mass is 16.3. The number of hydrogen-bond donors (Lipinski definition) is 3. The molecule has 0 aliphatic heterocycles. The summed E-state index contributed by atoms with van der Waals surface area (Å²) >= 11 is 0. The zero-order chi connectivity index (χ0) is 11.7. The van der Waals surface area contributed by atoms with Crippen LogP contribution in [0.15, 0.2) is 12.7 Å². The summed E-state index contributed by atoms with van der Waals surface area (Å²) in [6.45, 7) is 6.32. The van der Waals surface area contributed by atoms with Gasteiger partial charge in [-0.1, -0.05) is 13.0 Å². The van der Waals surface area contributed by atoms with Crippen molar-refractivity contribution in [3.8, 4) is 0 Å². The van der Waals surface area contributed by atoms with Crippen molar-refractivity contribution in [1.82, 2.24) is 5.32 Å². The van der Waals surface area contributed by atoms with Crippen molar-refractivity contribution in [2.24, 2.45) is 11.7 Å². The van der Waals surface area contributed by atoms with Crippen LogP contribution in [0.1, 0.15) is 26.2 Å². The van der Waals surface area contributed by atoms with Crippen molar-refractivity contribution in [1.29, 1.82) is 0 Å². The molecular weight excluding hydrogens is 192 g/mol. The van der Waals surface area contributed by atoms with Crippen molar-refractivity contribution >= 4 is 5.91 Å². The zero-order valence-electron chi connectivity index (χ0n) is 9.41. The van der Waals surface area contributed by atoms with E-state index in [-0.39, 0.29) is 12.5 Å². The molecule has 88 valence electrons. The van der Waals surface area contributed by atoms with E-state index in [9.17, 15) is 4.79 Å². The largest absolute Gasteiger partial charge is 0.396 e. The third-order valence-corrected chi connectivity index (χ3v) is 2.24. The molecule has 0 aromatic carbocycles. The minimum atomic E-state index is -0.488. The van der Waals surface area contributed by atoms with Crippen LogP contribution in [-0.2, 0) is 4.79 Å². The summed E-state index contributed by atoms with van der Waals surface area (Å²) in [6, 6.07) is -0.488. The highest BCUT2D eigenvalue weighted by Gasteiger charge is 2.10. The first kappa shape index (κ1) is 14.1. The van der Waals surface area contributed by atoms with Gasteiger partial charge in [0.05, 0.1) is 6.04 Å². The zero-order valence-corrected chi connectivity index (χ0v) is 9.41. The van der Waals surface area contributed by atoms with Gasteiger partial charge in [-0.05, 0) is 25.2 Å².